The van der Waals surface area contributed by atoms with E-state index in [0.717, 1.165) is 0 Å². The van der Waals surface area contributed by atoms with Crippen molar-refractivity contribution in [2.75, 3.05) is 6.79 Å². The fourth-order valence-electron chi connectivity index (χ4n) is 5.45. The van der Waals surface area contributed by atoms with E-state index in [4.69, 9.17) is 23.0 Å². The first-order valence-electron chi connectivity index (χ1n) is 12.2. The second-order valence-corrected chi connectivity index (χ2v) is 11.0. The fraction of sp³-hybridized carbons (Fsp3) is 0.346. The number of carbonyl (C=O) groups is 1. The number of phosphoric ester groups is 1. The second kappa shape index (κ2) is 9.67. The molecule has 2 aliphatic heterocycles. The molecule has 200 valence electrons. The molecule has 2 aliphatic carbocycles. The number of rotatable bonds is 6. The first-order valence-corrected chi connectivity index (χ1v) is 13.6. The molecule has 6 rings (SSSR count). The molecule has 7 atom stereocenters. The van der Waals surface area contributed by atoms with Gasteiger partial charge in [-0.05, 0) is 42.7 Å². The van der Waals surface area contributed by atoms with Crippen molar-refractivity contribution >= 4 is 13.7 Å². The van der Waals surface area contributed by atoms with Crippen molar-refractivity contribution in [3.05, 3.63) is 84.0 Å². The second-order valence-electron chi connectivity index (χ2n) is 9.52. The van der Waals surface area contributed by atoms with Gasteiger partial charge in [-0.3, -0.25) is 4.79 Å². The average Bonchev–Trinajstić information content (AvgIpc) is 3.38. The van der Waals surface area contributed by atoms with E-state index >= 15 is 0 Å². The summed E-state index contributed by atoms with van der Waals surface area (Å²) in [5.74, 6) is -2.05. The Morgan fingerprint density at radius 1 is 0.868 bits per heavy atom. The Labute approximate surface area is 217 Å². The molecule has 2 saturated heterocycles. The van der Waals surface area contributed by atoms with E-state index < -0.39 is 55.8 Å². The molecule has 2 aromatic carbocycles. The monoisotopic (exact) mass is 543 g/mol. The number of piperidine rings is 1. The van der Waals surface area contributed by atoms with Crippen LogP contribution in [-0.2, 0) is 23.4 Å². The number of aliphatic hydroxyl groups excluding tert-OH is 3. The van der Waals surface area contributed by atoms with Crippen LogP contribution in [0.4, 0.5) is 0 Å². The summed E-state index contributed by atoms with van der Waals surface area (Å²) in [5.41, 5.74) is 0. The van der Waals surface area contributed by atoms with Crippen molar-refractivity contribution in [1.82, 2.24) is 5.32 Å². The highest BCUT2D eigenvalue weighted by atomic mass is 31.2. The number of phosphoric acid groups is 1. The van der Waals surface area contributed by atoms with Gasteiger partial charge in [0.15, 0.2) is 11.5 Å². The van der Waals surface area contributed by atoms with Gasteiger partial charge in [0.25, 0.3) is 0 Å². The maximum absolute atomic E-state index is 14.2. The summed E-state index contributed by atoms with van der Waals surface area (Å²) in [6, 6.07) is 15.8. The number of para-hydroxylation sites is 2. The number of nitrogens with one attached hydrogen (secondary N) is 1. The first-order chi connectivity index (χ1) is 18.3. The molecule has 3 fully saturated rings. The predicted octanol–water partition coefficient (Wildman–Crippen LogP) is 2.22. The Bertz CT molecular complexity index is 1270. The van der Waals surface area contributed by atoms with Crippen molar-refractivity contribution in [2.45, 2.75) is 30.8 Å². The van der Waals surface area contributed by atoms with E-state index in [1.807, 2.05) is 0 Å². The van der Waals surface area contributed by atoms with Gasteiger partial charge >= 0.3 is 7.82 Å². The molecule has 1 amide bonds. The molecule has 0 spiro atoms. The molecular formula is C26H26NO10P. The lowest BCUT2D eigenvalue weighted by atomic mass is 9.64. The quantitative estimate of drug-likeness (QED) is 0.399. The van der Waals surface area contributed by atoms with Crippen LogP contribution in [0, 0.1) is 17.8 Å². The van der Waals surface area contributed by atoms with Crippen LogP contribution in [0.15, 0.2) is 84.0 Å². The molecule has 4 N–H and O–H groups in total. The number of carbonyl (C=O) groups excluding carboxylic acids is 1. The molecule has 11 nitrogen and oxygen atoms in total. The number of fused-ring (bicyclic) bond motifs is 4. The maximum atomic E-state index is 14.2. The molecule has 4 aliphatic rings. The minimum Gasteiger partial charge on any atom is -0.454 e. The summed E-state index contributed by atoms with van der Waals surface area (Å²) in [4.78, 5) is 13.4. The van der Waals surface area contributed by atoms with Gasteiger partial charge in [-0.2, -0.15) is 4.57 Å². The van der Waals surface area contributed by atoms with Gasteiger partial charge in [-0.1, -0.05) is 36.4 Å². The SMILES string of the molecule is O=C1NC2C(O)C(O)C(O)CC2C2C=C3OCOC3=C(OP(=O)(Oc3ccccc3)Oc3ccccc3)C12. The van der Waals surface area contributed by atoms with E-state index in [0.29, 0.717) is 0 Å². The maximum Gasteiger partial charge on any atom is 0.646 e. The van der Waals surface area contributed by atoms with E-state index in [1.165, 1.54) is 0 Å². The number of hydrogen-bond donors (Lipinski definition) is 4. The predicted molar refractivity (Wildman–Crippen MR) is 130 cm³/mol. The third-order valence-electron chi connectivity index (χ3n) is 7.18. The lowest BCUT2D eigenvalue weighted by molar-refractivity contribution is -0.153. The highest BCUT2D eigenvalue weighted by Crippen LogP contribution is 2.56. The van der Waals surface area contributed by atoms with Gasteiger partial charge < -0.3 is 43.7 Å². The normalized spacial score (nSPS) is 31.9. The van der Waals surface area contributed by atoms with Gasteiger partial charge in [-0.25, -0.2) is 0 Å². The zero-order chi connectivity index (χ0) is 26.4. The Hall–Kier alpha value is -3.50. The molecule has 1 saturated carbocycles. The number of benzene rings is 2. The third-order valence-corrected chi connectivity index (χ3v) is 8.47. The Morgan fingerprint density at radius 2 is 1.50 bits per heavy atom. The molecule has 2 aromatic rings. The third kappa shape index (κ3) is 4.41. The number of amides is 1. The Kier molecular flexibility index (Phi) is 6.31. The van der Waals surface area contributed by atoms with E-state index in [2.05, 4.69) is 5.32 Å². The van der Waals surface area contributed by atoms with Crippen molar-refractivity contribution in [2.24, 2.45) is 17.8 Å². The number of allylic oxidation sites excluding steroid dienone is 1. The summed E-state index contributed by atoms with van der Waals surface area (Å²) in [5, 5.41) is 33.9. The molecule has 0 bridgehead atoms. The minimum absolute atomic E-state index is 0.0883. The highest BCUT2D eigenvalue weighted by Gasteiger charge is 2.57. The van der Waals surface area contributed by atoms with Crippen LogP contribution in [-0.4, -0.2) is 52.4 Å². The summed E-state index contributed by atoms with van der Waals surface area (Å²) in [7, 11) is -4.48. The van der Waals surface area contributed by atoms with Crippen LogP contribution in [0.2, 0.25) is 0 Å². The molecular weight excluding hydrogens is 517 g/mol. The van der Waals surface area contributed by atoms with Gasteiger partial charge in [0.1, 0.15) is 29.6 Å². The summed E-state index contributed by atoms with van der Waals surface area (Å²) in [6.45, 7) is -0.156. The topological polar surface area (TPSA) is 153 Å². The van der Waals surface area contributed by atoms with Crippen molar-refractivity contribution in [3.8, 4) is 11.5 Å². The lowest BCUT2D eigenvalue weighted by Crippen LogP contribution is -2.66. The van der Waals surface area contributed by atoms with Gasteiger partial charge in [0.05, 0.1) is 12.1 Å². The molecule has 38 heavy (non-hydrogen) atoms. The van der Waals surface area contributed by atoms with Crippen LogP contribution in [0.1, 0.15) is 6.42 Å². The lowest BCUT2D eigenvalue weighted by Gasteiger charge is -2.49. The largest absolute Gasteiger partial charge is 0.646 e. The van der Waals surface area contributed by atoms with Crippen molar-refractivity contribution < 1.29 is 47.7 Å². The van der Waals surface area contributed by atoms with Crippen molar-refractivity contribution in [3.63, 3.8) is 0 Å². The number of hydrogen-bond acceptors (Lipinski definition) is 10. The highest BCUT2D eigenvalue weighted by molar-refractivity contribution is 7.49. The van der Waals surface area contributed by atoms with Gasteiger partial charge in [-0.15, -0.1) is 0 Å². The molecule has 12 heteroatoms. The van der Waals surface area contributed by atoms with E-state index in [9.17, 15) is 24.7 Å². The summed E-state index contributed by atoms with van der Waals surface area (Å²) in [6.07, 6.45) is -2.21. The fourth-order valence-corrected chi connectivity index (χ4v) is 6.76. The molecule has 0 aromatic heterocycles. The minimum atomic E-state index is -4.48. The van der Waals surface area contributed by atoms with Crippen LogP contribution in [0.5, 0.6) is 11.5 Å². The standard InChI is InChI=1S/C26H26NO10P/c28-18-11-17-16-12-19-24(34-13-33-19)25(20(16)26(31)27-21(17)23(30)22(18)29)37-38(32,35-14-7-3-1-4-8-14)36-15-9-5-2-6-10-15/h1-10,12,16-18,20-23,28-30H,11,13H2,(H,27,31). The number of ether oxygens (including phenoxy) is 2. The molecule has 0 radical (unpaired) electrons. The van der Waals surface area contributed by atoms with E-state index in [-0.39, 0.29) is 42.0 Å². The summed E-state index contributed by atoms with van der Waals surface area (Å²) < 4.78 is 42.9. The Balaban J connectivity index is 1.39. The van der Waals surface area contributed by atoms with Crippen LogP contribution < -0.4 is 14.4 Å². The zero-order valence-corrected chi connectivity index (χ0v) is 20.8. The average molecular weight is 543 g/mol. The molecule has 2 heterocycles. The van der Waals surface area contributed by atoms with Crippen LogP contribution in [0.3, 0.4) is 0 Å². The van der Waals surface area contributed by atoms with Crippen LogP contribution in [0.25, 0.3) is 0 Å². The number of aliphatic hydroxyl groups is 3. The van der Waals surface area contributed by atoms with Gasteiger partial charge in [0, 0.05) is 5.92 Å². The van der Waals surface area contributed by atoms with Crippen LogP contribution >= 0.6 is 7.82 Å². The smallest absolute Gasteiger partial charge is 0.454 e. The van der Waals surface area contributed by atoms with Gasteiger partial charge in [0.2, 0.25) is 18.5 Å². The van der Waals surface area contributed by atoms with Crippen molar-refractivity contribution in [1.29, 1.82) is 0 Å². The zero-order valence-electron chi connectivity index (χ0n) is 20.0. The molecule has 7 unspecified atom stereocenters. The summed E-state index contributed by atoms with van der Waals surface area (Å²) >= 11 is 0. The first kappa shape index (κ1) is 24.8. The van der Waals surface area contributed by atoms with E-state index in [1.54, 1.807) is 66.7 Å². The Morgan fingerprint density at radius 3 is 2.13 bits per heavy atom.